The van der Waals surface area contributed by atoms with Gasteiger partial charge in [-0.2, -0.15) is 13.2 Å². The SMILES string of the molecule is CCC1=C(Cc2cc(C(F)(F)F)c(C)cn2)C(=O)c2ccccc2C1=O. The smallest absolute Gasteiger partial charge is 0.289 e. The molecule has 6 heteroatoms. The molecule has 0 unspecified atom stereocenters. The van der Waals surface area contributed by atoms with E-state index in [0.29, 0.717) is 17.6 Å². The number of rotatable bonds is 3. The lowest BCUT2D eigenvalue weighted by atomic mass is 9.81. The average molecular weight is 359 g/mol. The Kier molecular flexibility index (Phi) is 4.52. The van der Waals surface area contributed by atoms with Crippen molar-refractivity contribution in [3.63, 3.8) is 0 Å². The first-order valence-corrected chi connectivity index (χ1v) is 8.17. The Morgan fingerprint density at radius 1 is 1.00 bits per heavy atom. The van der Waals surface area contributed by atoms with E-state index in [4.69, 9.17) is 0 Å². The van der Waals surface area contributed by atoms with Gasteiger partial charge in [0.15, 0.2) is 11.6 Å². The third-order valence-electron chi connectivity index (χ3n) is 4.51. The molecule has 3 nitrogen and oxygen atoms in total. The third kappa shape index (κ3) is 3.07. The minimum Gasteiger partial charge on any atom is -0.289 e. The molecule has 1 aromatic carbocycles. The fourth-order valence-corrected chi connectivity index (χ4v) is 3.19. The summed E-state index contributed by atoms with van der Waals surface area (Å²) in [7, 11) is 0. The summed E-state index contributed by atoms with van der Waals surface area (Å²) in [5.74, 6) is -0.575. The van der Waals surface area contributed by atoms with E-state index in [1.807, 2.05) is 0 Å². The molecule has 0 amide bonds. The van der Waals surface area contributed by atoms with Crippen LogP contribution in [0.3, 0.4) is 0 Å². The first-order valence-electron chi connectivity index (χ1n) is 8.17. The van der Waals surface area contributed by atoms with Crippen LogP contribution in [0.1, 0.15) is 50.9 Å². The second kappa shape index (κ2) is 6.52. The highest BCUT2D eigenvalue weighted by atomic mass is 19.4. The van der Waals surface area contributed by atoms with Crippen LogP contribution in [0.25, 0.3) is 0 Å². The zero-order valence-electron chi connectivity index (χ0n) is 14.3. The largest absolute Gasteiger partial charge is 0.416 e. The van der Waals surface area contributed by atoms with Gasteiger partial charge < -0.3 is 0 Å². The van der Waals surface area contributed by atoms with Crippen LogP contribution in [0.5, 0.6) is 0 Å². The first-order chi connectivity index (χ1) is 12.2. The molecule has 0 saturated carbocycles. The van der Waals surface area contributed by atoms with Crippen LogP contribution >= 0.6 is 0 Å². The van der Waals surface area contributed by atoms with Gasteiger partial charge in [0.25, 0.3) is 0 Å². The van der Waals surface area contributed by atoms with E-state index < -0.39 is 11.7 Å². The maximum Gasteiger partial charge on any atom is 0.416 e. The van der Waals surface area contributed by atoms with Crippen molar-refractivity contribution in [3.8, 4) is 0 Å². The molecule has 0 N–H and O–H groups in total. The van der Waals surface area contributed by atoms with E-state index in [9.17, 15) is 22.8 Å². The summed E-state index contributed by atoms with van der Waals surface area (Å²) in [6.45, 7) is 3.08. The fourth-order valence-electron chi connectivity index (χ4n) is 3.19. The lowest BCUT2D eigenvalue weighted by Gasteiger charge is -2.20. The van der Waals surface area contributed by atoms with Gasteiger partial charge in [-0.15, -0.1) is 0 Å². The van der Waals surface area contributed by atoms with Gasteiger partial charge in [-0.3, -0.25) is 14.6 Å². The molecule has 1 aliphatic rings. The summed E-state index contributed by atoms with van der Waals surface area (Å²) < 4.78 is 39.4. The number of aryl methyl sites for hydroxylation is 1. The third-order valence-corrected chi connectivity index (χ3v) is 4.51. The average Bonchev–Trinajstić information content (AvgIpc) is 2.60. The summed E-state index contributed by atoms with van der Waals surface area (Å²) >= 11 is 0. The second-order valence-corrected chi connectivity index (χ2v) is 6.18. The highest BCUT2D eigenvalue weighted by molar-refractivity contribution is 6.27. The minimum absolute atomic E-state index is 0.0161. The number of ketones is 2. The highest BCUT2D eigenvalue weighted by Gasteiger charge is 2.34. The topological polar surface area (TPSA) is 47.0 Å². The molecule has 0 atom stereocenters. The van der Waals surface area contributed by atoms with E-state index in [-0.39, 0.29) is 40.4 Å². The number of Topliss-reactive ketones (excluding diaryl/α,β-unsaturated/α-hetero) is 2. The Morgan fingerprint density at radius 2 is 1.58 bits per heavy atom. The number of nitrogens with zero attached hydrogens (tertiary/aromatic N) is 1. The van der Waals surface area contributed by atoms with Gasteiger partial charge in [0.1, 0.15) is 0 Å². The number of fused-ring (bicyclic) bond motifs is 1. The number of allylic oxidation sites excluding steroid dienone is 2. The molecule has 1 heterocycles. The standard InChI is InChI=1S/C20H16F3NO2/c1-3-13-16(19(26)15-7-5-4-6-14(15)18(13)25)8-12-9-17(20(21,22)23)11(2)10-24-12/h4-7,9-10H,3,8H2,1-2H3. The second-order valence-electron chi connectivity index (χ2n) is 6.18. The van der Waals surface area contributed by atoms with Crippen molar-refractivity contribution in [1.29, 1.82) is 0 Å². The van der Waals surface area contributed by atoms with Crippen molar-refractivity contribution in [2.24, 2.45) is 0 Å². The van der Waals surface area contributed by atoms with Gasteiger partial charge in [0.05, 0.1) is 5.56 Å². The summed E-state index contributed by atoms with van der Waals surface area (Å²) in [4.78, 5) is 29.5. The van der Waals surface area contributed by atoms with E-state index >= 15 is 0 Å². The molecule has 0 radical (unpaired) electrons. The van der Waals surface area contributed by atoms with Gasteiger partial charge in [-0.25, -0.2) is 0 Å². The minimum atomic E-state index is -4.50. The Hall–Kier alpha value is -2.76. The van der Waals surface area contributed by atoms with E-state index in [1.165, 1.54) is 6.92 Å². The number of carbonyl (C=O) groups excluding carboxylic acids is 2. The van der Waals surface area contributed by atoms with Crippen LogP contribution in [-0.4, -0.2) is 16.6 Å². The number of benzene rings is 1. The molecule has 0 bridgehead atoms. The number of carbonyl (C=O) groups is 2. The van der Waals surface area contributed by atoms with Crippen LogP contribution in [0.15, 0.2) is 47.7 Å². The van der Waals surface area contributed by atoms with Gasteiger partial charge in [0.2, 0.25) is 0 Å². The Labute approximate surface area is 148 Å². The van der Waals surface area contributed by atoms with Crippen LogP contribution < -0.4 is 0 Å². The molecule has 0 fully saturated rings. The Balaban J connectivity index is 2.07. The number of alkyl halides is 3. The lowest BCUT2D eigenvalue weighted by Crippen LogP contribution is -2.23. The summed E-state index contributed by atoms with van der Waals surface area (Å²) in [6, 6.07) is 7.44. The maximum absolute atomic E-state index is 13.1. The van der Waals surface area contributed by atoms with Crippen LogP contribution in [0.2, 0.25) is 0 Å². The van der Waals surface area contributed by atoms with Gasteiger partial charge >= 0.3 is 6.18 Å². The molecule has 3 rings (SSSR count). The molecule has 134 valence electrons. The molecule has 0 saturated heterocycles. The van der Waals surface area contributed by atoms with Crippen molar-refractivity contribution in [1.82, 2.24) is 4.98 Å². The van der Waals surface area contributed by atoms with E-state index in [0.717, 1.165) is 12.3 Å². The predicted octanol–water partition coefficient (Wildman–Crippen LogP) is 4.74. The van der Waals surface area contributed by atoms with Crippen LogP contribution in [-0.2, 0) is 12.6 Å². The predicted molar refractivity (Wildman–Crippen MR) is 90.1 cm³/mol. The van der Waals surface area contributed by atoms with Crippen molar-refractivity contribution >= 4 is 11.6 Å². The number of aromatic nitrogens is 1. The Morgan fingerprint density at radius 3 is 2.12 bits per heavy atom. The number of halogens is 3. The van der Waals surface area contributed by atoms with Crippen LogP contribution in [0.4, 0.5) is 13.2 Å². The van der Waals surface area contributed by atoms with Crippen molar-refractivity contribution in [2.75, 3.05) is 0 Å². The molecule has 26 heavy (non-hydrogen) atoms. The zero-order valence-corrected chi connectivity index (χ0v) is 14.3. The summed E-state index contributed by atoms with van der Waals surface area (Å²) in [5.41, 5.74) is 0.534. The number of hydrogen-bond donors (Lipinski definition) is 0. The quantitative estimate of drug-likeness (QED) is 0.795. The fraction of sp³-hybridized carbons (Fsp3) is 0.250. The van der Waals surface area contributed by atoms with E-state index in [1.54, 1.807) is 31.2 Å². The maximum atomic E-state index is 13.1. The number of pyridine rings is 1. The molecular weight excluding hydrogens is 343 g/mol. The lowest BCUT2D eigenvalue weighted by molar-refractivity contribution is -0.138. The monoisotopic (exact) mass is 359 g/mol. The first kappa shape index (κ1) is 18.0. The molecule has 0 aliphatic heterocycles. The van der Waals surface area contributed by atoms with Gasteiger partial charge in [0, 0.05) is 40.6 Å². The van der Waals surface area contributed by atoms with E-state index in [2.05, 4.69) is 4.98 Å². The summed E-state index contributed by atoms with van der Waals surface area (Å²) in [5, 5.41) is 0. The van der Waals surface area contributed by atoms with Gasteiger partial charge in [-0.1, -0.05) is 31.2 Å². The molecule has 2 aromatic rings. The molecular formula is C20H16F3NO2. The molecule has 1 aliphatic carbocycles. The summed E-state index contributed by atoms with van der Waals surface area (Å²) in [6.07, 6.45) is -3.13. The van der Waals surface area contributed by atoms with Crippen molar-refractivity contribution in [3.05, 3.63) is 75.6 Å². The zero-order chi connectivity index (χ0) is 19.1. The number of hydrogen-bond acceptors (Lipinski definition) is 3. The van der Waals surface area contributed by atoms with Gasteiger partial charge in [-0.05, 0) is 25.0 Å². The highest BCUT2D eigenvalue weighted by Crippen LogP contribution is 2.34. The van der Waals surface area contributed by atoms with Crippen molar-refractivity contribution < 1.29 is 22.8 Å². The Bertz CT molecular complexity index is 942. The van der Waals surface area contributed by atoms with Crippen LogP contribution in [0, 0.1) is 6.92 Å². The molecule has 1 aromatic heterocycles. The normalized spacial score (nSPS) is 14.7. The molecule has 0 spiro atoms. The van der Waals surface area contributed by atoms with Crippen molar-refractivity contribution in [2.45, 2.75) is 32.9 Å².